The second-order valence-corrected chi connectivity index (χ2v) is 7.19. The number of nitrogens with one attached hydrogen (secondary N) is 2. The molecular formula is C23H29FN6O. The summed E-state index contributed by atoms with van der Waals surface area (Å²) in [4.78, 5) is 4.68. The molecule has 1 heterocycles. The van der Waals surface area contributed by atoms with Gasteiger partial charge in [0.05, 0.1) is 19.6 Å². The standard InChI is InChI=1S/C23H29FN6O/c1-4-19(31-21-13-9-8-12-20(21)24)15-26-23(25-14-18-10-6-5-7-11-18)27-16-22-29-28-17(2)30(22)3/h5-13,19H,4,14-16H2,1-3H3,(H2,25,26,27). The summed E-state index contributed by atoms with van der Waals surface area (Å²) in [5.41, 5.74) is 1.10. The quantitative estimate of drug-likeness (QED) is 0.407. The predicted molar refractivity (Wildman–Crippen MR) is 119 cm³/mol. The molecule has 8 heteroatoms. The van der Waals surface area contributed by atoms with Crippen molar-refractivity contribution >= 4 is 5.96 Å². The number of para-hydroxylation sites is 1. The maximum atomic E-state index is 13.9. The Labute approximate surface area is 182 Å². The van der Waals surface area contributed by atoms with Gasteiger partial charge in [-0.15, -0.1) is 10.2 Å². The molecule has 0 saturated carbocycles. The van der Waals surface area contributed by atoms with Gasteiger partial charge in [-0.05, 0) is 31.0 Å². The third kappa shape index (κ3) is 6.53. The summed E-state index contributed by atoms with van der Waals surface area (Å²) < 4.78 is 21.7. The first-order chi connectivity index (χ1) is 15.1. The molecule has 1 unspecified atom stereocenters. The van der Waals surface area contributed by atoms with Gasteiger partial charge in [0.2, 0.25) is 0 Å². The van der Waals surface area contributed by atoms with Gasteiger partial charge in [0.1, 0.15) is 11.9 Å². The number of rotatable bonds is 9. The molecular weight excluding hydrogens is 395 g/mol. The van der Waals surface area contributed by atoms with Crippen molar-refractivity contribution in [2.75, 3.05) is 6.54 Å². The van der Waals surface area contributed by atoms with Gasteiger partial charge >= 0.3 is 0 Å². The fourth-order valence-corrected chi connectivity index (χ4v) is 2.90. The minimum atomic E-state index is -0.366. The van der Waals surface area contributed by atoms with Crippen LogP contribution in [0.1, 0.15) is 30.6 Å². The maximum absolute atomic E-state index is 13.9. The van der Waals surface area contributed by atoms with Crippen molar-refractivity contribution in [2.45, 2.75) is 39.5 Å². The Balaban J connectivity index is 1.65. The first kappa shape index (κ1) is 22.3. The van der Waals surface area contributed by atoms with Gasteiger partial charge in [0, 0.05) is 7.05 Å². The molecule has 0 spiro atoms. The zero-order valence-corrected chi connectivity index (χ0v) is 18.2. The summed E-state index contributed by atoms with van der Waals surface area (Å²) in [7, 11) is 1.93. The summed E-state index contributed by atoms with van der Waals surface area (Å²) in [6, 6.07) is 16.5. The molecule has 0 amide bonds. The fourth-order valence-electron chi connectivity index (χ4n) is 2.90. The number of aliphatic imine (C=N–C) groups is 1. The molecule has 3 rings (SSSR count). The molecule has 0 saturated heterocycles. The Kier molecular flexibility index (Phi) is 7.98. The molecule has 0 aliphatic carbocycles. The van der Waals surface area contributed by atoms with Crippen LogP contribution in [0.4, 0.5) is 4.39 Å². The summed E-state index contributed by atoms with van der Waals surface area (Å²) in [6.07, 6.45) is 0.508. The first-order valence-corrected chi connectivity index (χ1v) is 10.4. The molecule has 3 aromatic rings. The van der Waals surface area contributed by atoms with E-state index in [1.54, 1.807) is 18.2 Å². The van der Waals surface area contributed by atoms with E-state index < -0.39 is 0 Å². The third-order valence-electron chi connectivity index (χ3n) is 4.94. The lowest BCUT2D eigenvalue weighted by atomic mass is 10.2. The highest BCUT2D eigenvalue weighted by Crippen LogP contribution is 2.17. The lowest BCUT2D eigenvalue weighted by Gasteiger charge is -2.20. The Hall–Kier alpha value is -3.42. The van der Waals surface area contributed by atoms with Gasteiger partial charge < -0.3 is 19.9 Å². The Bertz CT molecular complexity index is 989. The lowest BCUT2D eigenvalue weighted by molar-refractivity contribution is 0.191. The van der Waals surface area contributed by atoms with Crippen molar-refractivity contribution in [3.63, 3.8) is 0 Å². The van der Waals surface area contributed by atoms with Crippen LogP contribution in [0.15, 0.2) is 59.6 Å². The highest BCUT2D eigenvalue weighted by atomic mass is 19.1. The van der Waals surface area contributed by atoms with Gasteiger partial charge in [0.25, 0.3) is 0 Å². The predicted octanol–water partition coefficient (Wildman–Crippen LogP) is 3.36. The topological polar surface area (TPSA) is 76.4 Å². The van der Waals surface area contributed by atoms with E-state index in [1.807, 2.05) is 55.8 Å². The Morgan fingerprint density at radius 2 is 1.84 bits per heavy atom. The number of nitrogens with zero attached hydrogens (tertiary/aromatic N) is 4. The van der Waals surface area contributed by atoms with Crippen molar-refractivity contribution in [1.82, 2.24) is 25.4 Å². The van der Waals surface area contributed by atoms with Crippen molar-refractivity contribution < 1.29 is 9.13 Å². The highest BCUT2D eigenvalue weighted by Gasteiger charge is 2.13. The van der Waals surface area contributed by atoms with Crippen LogP contribution in [0.2, 0.25) is 0 Å². The van der Waals surface area contributed by atoms with Crippen LogP contribution in [0, 0.1) is 12.7 Å². The molecule has 0 bridgehead atoms. The Morgan fingerprint density at radius 1 is 1.10 bits per heavy atom. The van der Waals surface area contributed by atoms with E-state index in [0.717, 1.165) is 23.6 Å². The minimum Gasteiger partial charge on any atom is -0.486 e. The molecule has 7 nitrogen and oxygen atoms in total. The highest BCUT2D eigenvalue weighted by molar-refractivity contribution is 5.79. The number of ether oxygens (including phenoxy) is 1. The molecule has 0 aliphatic rings. The van der Waals surface area contributed by atoms with Gasteiger partial charge in [-0.3, -0.25) is 0 Å². The number of halogens is 1. The lowest BCUT2D eigenvalue weighted by Crippen LogP contribution is -2.42. The number of aryl methyl sites for hydroxylation is 1. The summed E-state index contributed by atoms with van der Waals surface area (Å²) in [6.45, 7) is 5.39. The van der Waals surface area contributed by atoms with E-state index in [2.05, 4.69) is 25.8 Å². The van der Waals surface area contributed by atoms with Crippen LogP contribution in [0.5, 0.6) is 5.75 Å². The smallest absolute Gasteiger partial charge is 0.192 e. The summed E-state index contributed by atoms with van der Waals surface area (Å²) in [5, 5.41) is 14.9. The molecule has 31 heavy (non-hydrogen) atoms. The number of hydrogen-bond donors (Lipinski definition) is 2. The van der Waals surface area contributed by atoms with Crippen molar-refractivity contribution in [3.8, 4) is 5.75 Å². The van der Waals surface area contributed by atoms with Crippen molar-refractivity contribution in [2.24, 2.45) is 12.0 Å². The third-order valence-corrected chi connectivity index (χ3v) is 4.94. The molecule has 0 fully saturated rings. The molecule has 0 aliphatic heterocycles. The molecule has 2 aromatic carbocycles. The largest absolute Gasteiger partial charge is 0.486 e. The van der Waals surface area contributed by atoms with E-state index in [1.165, 1.54) is 6.07 Å². The molecule has 0 radical (unpaired) electrons. The van der Waals surface area contributed by atoms with Crippen LogP contribution >= 0.6 is 0 Å². The summed E-state index contributed by atoms with van der Waals surface area (Å²) >= 11 is 0. The van der Waals surface area contributed by atoms with Crippen LogP contribution in [-0.2, 0) is 20.1 Å². The average molecular weight is 425 g/mol. The van der Waals surface area contributed by atoms with E-state index in [9.17, 15) is 4.39 Å². The summed E-state index contributed by atoms with van der Waals surface area (Å²) in [5.74, 6) is 2.16. The van der Waals surface area contributed by atoms with Crippen molar-refractivity contribution in [3.05, 3.63) is 77.6 Å². The van der Waals surface area contributed by atoms with Gasteiger partial charge in [-0.2, -0.15) is 0 Å². The number of benzene rings is 2. The monoisotopic (exact) mass is 424 g/mol. The van der Waals surface area contributed by atoms with E-state index in [0.29, 0.717) is 25.6 Å². The van der Waals surface area contributed by atoms with E-state index in [-0.39, 0.29) is 17.7 Å². The fraction of sp³-hybridized carbons (Fsp3) is 0.348. The maximum Gasteiger partial charge on any atom is 0.192 e. The Morgan fingerprint density at radius 3 is 2.52 bits per heavy atom. The molecule has 164 valence electrons. The minimum absolute atomic E-state index is 0.210. The zero-order valence-electron chi connectivity index (χ0n) is 18.2. The van der Waals surface area contributed by atoms with Gasteiger partial charge in [-0.25, -0.2) is 9.38 Å². The van der Waals surface area contributed by atoms with Crippen LogP contribution in [0.25, 0.3) is 0 Å². The number of hydrogen-bond acceptors (Lipinski definition) is 4. The number of aromatic nitrogens is 3. The van der Waals surface area contributed by atoms with Crippen LogP contribution in [0.3, 0.4) is 0 Å². The van der Waals surface area contributed by atoms with Crippen LogP contribution < -0.4 is 15.4 Å². The van der Waals surface area contributed by atoms with Crippen molar-refractivity contribution in [1.29, 1.82) is 0 Å². The average Bonchev–Trinajstić information content (AvgIpc) is 3.11. The van der Waals surface area contributed by atoms with E-state index in [4.69, 9.17) is 4.74 Å². The number of guanidine groups is 1. The normalized spacial score (nSPS) is 12.5. The second kappa shape index (κ2) is 11.1. The SMILES string of the molecule is CCC(CNC(=NCc1ccccc1)NCc1nnc(C)n1C)Oc1ccccc1F. The van der Waals surface area contributed by atoms with Gasteiger partial charge in [-0.1, -0.05) is 49.4 Å². The second-order valence-electron chi connectivity index (χ2n) is 7.19. The van der Waals surface area contributed by atoms with Crippen LogP contribution in [-0.4, -0.2) is 33.4 Å². The first-order valence-electron chi connectivity index (χ1n) is 10.4. The molecule has 1 aromatic heterocycles. The van der Waals surface area contributed by atoms with Gasteiger partial charge in [0.15, 0.2) is 23.4 Å². The molecule has 1 atom stereocenters. The van der Waals surface area contributed by atoms with E-state index >= 15 is 0 Å². The molecule has 2 N–H and O–H groups in total. The zero-order chi connectivity index (χ0) is 22.1.